The summed E-state index contributed by atoms with van der Waals surface area (Å²) in [6.07, 6.45) is 2.96. The second kappa shape index (κ2) is 5.02. The topological polar surface area (TPSA) is 12.0 Å². The predicted molar refractivity (Wildman–Crippen MR) is 81.1 cm³/mol. The Kier molecular flexibility index (Phi) is 3.22. The molecule has 1 nitrogen and oxygen atoms in total. The second-order valence-corrected chi connectivity index (χ2v) is 5.20. The van der Waals surface area contributed by atoms with Crippen LogP contribution in [0.25, 0.3) is 11.1 Å². The molecule has 19 heavy (non-hydrogen) atoms. The van der Waals surface area contributed by atoms with Crippen molar-refractivity contribution < 1.29 is 0 Å². The van der Waals surface area contributed by atoms with E-state index >= 15 is 0 Å². The molecule has 0 bridgehead atoms. The predicted octanol–water partition coefficient (Wildman–Crippen LogP) is 4.31. The maximum atomic E-state index is 3.82. The van der Waals surface area contributed by atoms with Gasteiger partial charge in [0.05, 0.1) is 6.04 Å². The van der Waals surface area contributed by atoms with Gasteiger partial charge in [0.1, 0.15) is 0 Å². The van der Waals surface area contributed by atoms with Gasteiger partial charge in [-0.15, -0.1) is 6.58 Å². The van der Waals surface area contributed by atoms with Crippen molar-refractivity contribution in [2.45, 2.75) is 25.4 Å². The van der Waals surface area contributed by atoms with Gasteiger partial charge in [-0.05, 0) is 35.6 Å². The van der Waals surface area contributed by atoms with Gasteiger partial charge in [-0.2, -0.15) is 0 Å². The summed E-state index contributed by atoms with van der Waals surface area (Å²) in [6.45, 7) is 6.04. The maximum absolute atomic E-state index is 3.82. The minimum Gasteiger partial charge on any atom is -0.303 e. The molecule has 0 aliphatic heterocycles. The molecular weight excluding hydrogens is 230 g/mol. The largest absolute Gasteiger partial charge is 0.303 e. The molecule has 2 aromatic rings. The Morgan fingerprint density at radius 1 is 1.05 bits per heavy atom. The average molecular weight is 249 g/mol. The molecule has 0 aromatic heterocycles. The van der Waals surface area contributed by atoms with Crippen LogP contribution in [0.2, 0.25) is 0 Å². The number of nitrogens with one attached hydrogen (secondary N) is 1. The lowest BCUT2D eigenvalue weighted by Crippen LogP contribution is -2.29. The molecule has 1 aliphatic carbocycles. The first-order chi connectivity index (χ1) is 9.31. The summed E-state index contributed by atoms with van der Waals surface area (Å²) in [7, 11) is 0. The summed E-state index contributed by atoms with van der Waals surface area (Å²) in [6, 6.07) is 18.1. The van der Waals surface area contributed by atoms with Gasteiger partial charge in [0.25, 0.3) is 0 Å². The fraction of sp³-hybridized carbons (Fsp3) is 0.222. The van der Waals surface area contributed by atoms with Gasteiger partial charge in [0.15, 0.2) is 0 Å². The highest BCUT2D eigenvalue weighted by Crippen LogP contribution is 2.43. The number of benzene rings is 2. The van der Waals surface area contributed by atoms with Crippen LogP contribution in [-0.4, -0.2) is 6.04 Å². The molecule has 0 saturated carbocycles. The van der Waals surface area contributed by atoms with Crippen molar-refractivity contribution in [3.63, 3.8) is 0 Å². The zero-order valence-corrected chi connectivity index (χ0v) is 11.3. The van der Waals surface area contributed by atoms with Crippen LogP contribution < -0.4 is 5.32 Å². The van der Waals surface area contributed by atoms with Gasteiger partial charge < -0.3 is 5.32 Å². The molecule has 3 rings (SSSR count). The fourth-order valence-corrected chi connectivity index (χ4v) is 2.94. The number of hydrogen-bond donors (Lipinski definition) is 1. The van der Waals surface area contributed by atoms with Crippen molar-refractivity contribution in [1.29, 1.82) is 0 Å². The van der Waals surface area contributed by atoms with Crippen molar-refractivity contribution in [2.24, 2.45) is 0 Å². The molecule has 0 radical (unpaired) electrons. The molecule has 2 aromatic carbocycles. The monoisotopic (exact) mass is 249 g/mol. The number of fused-ring (bicyclic) bond motifs is 3. The summed E-state index contributed by atoms with van der Waals surface area (Å²) in [5.41, 5.74) is 5.50. The minimum atomic E-state index is 0.308. The summed E-state index contributed by atoms with van der Waals surface area (Å²) >= 11 is 0. The first-order valence-corrected chi connectivity index (χ1v) is 6.86. The Hall–Kier alpha value is -1.86. The van der Waals surface area contributed by atoms with Gasteiger partial charge in [-0.3, -0.25) is 0 Å². The zero-order chi connectivity index (χ0) is 13.2. The van der Waals surface area contributed by atoms with Crippen LogP contribution in [0.4, 0.5) is 0 Å². The lowest BCUT2D eigenvalue weighted by atomic mass is 10.0. The summed E-state index contributed by atoms with van der Waals surface area (Å²) in [5.74, 6) is 0. The van der Waals surface area contributed by atoms with Crippen molar-refractivity contribution in [3.8, 4) is 11.1 Å². The molecule has 0 amide bonds. The smallest absolute Gasteiger partial charge is 0.0591 e. The minimum absolute atomic E-state index is 0.308. The van der Waals surface area contributed by atoms with E-state index in [-0.39, 0.29) is 0 Å². The third-order valence-corrected chi connectivity index (χ3v) is 3.81. The van der Waals surface area contributed by atoms with Gasteiger partial charge in [0, 0.05) is 6.04 Å². The lowest BCUT2D eigenvalue weighted by Gasteiger charge is -2.20. The van der Waals surface area contributed by atoms with Crippen molar-refractivity contribution in [2.75, 3.05) is 0 Å². The van der Waals surface area contributed by atoms with Crippen molar-refractivity contribution in [3.05, 3.63) is 72.3 Å². The molecule has 0 saturated heterocycles. The van der Waals surface area contributed by atoms with Crippen LogP contribution >= 0.6 is 0 Å². The quantitative estimate of drug-likeness (QED) is 0.796. The Bertz CT molecular complexity index is 555. The third kappa shape index (κ3) is 2.11. The molecule has 0 spiro atoms. The molecule has 1 aliphatic rings. The number of hydrogen-bond acceptors (Lipinski definition) is 1. The molecular formula is C18H19N. The zero-order valence-electron chi connectivity index (χ0n) is 11.3. The Morgan fingerprint density at radius 2 is 1.58 bits per heavy atom. The van der Waals surface area contributed by atoms with Crippen LogP contribution in [0.3, 0.4) is 0 Å². The first-order valence-electron chi connectivity index (χ1n) is 6.86. The van der Waals surface area contributed by atoms with E-state index in [0.717, 1.165) is 6.42 Å². The van der Waals surface area contributed by atoms with E-state index < -0.39 is 0 Å². The highest BCUT2D eigenvalue weighted by atomic mass is 14.9. The summed E-state index contributed by atoms with van der Waals surface area (Å²) < 4.78 is 0. The molecule has 1 unspecified atom stereocenters. The maximum Gasteiger partial charge on any atom is 0.0591 e. The van der Waals surface area contributed by atoms with Gasteiger partial charge in [0.2, 0.25) is 0 Å². The Balaban J connectivity index is 2.02. The summed E-state index contributed by atoms with van der Waals surface area (Å²) in [5, 5.41) is 3.72. The molecule has 0 heterocycles. The fourth-order valence-electron chi connectivity index (χ4n) is 2.94. The van der Waals surface area contributed by atoms with Crippen LogP contribution in [0, 0.1) is 0 Å². The Labute approximate surface area is 115 Å². The van der Waals surface area contributed by atoms with Crippen LogP contribution in [0.1, 0.15) is 30.5 Å². The van der Waals surface area contributed by atoms with E-state index in [1.807, 2.05) is 6.08 Å². The second-order valence-electron chi connectivity index (χ2n) is 5.20. The SMILES string of the molecule is C=CCC(C)NC1c2ccccc2-c2ccccc21. The highest BCUT2D eigenvalue weighted by molar-refractivity contribution is 5.78. The summed E-state index contributed by atoms with van der Waals surface area (Å²) in [4.78, 5) is 0. The van der Waals surface area contributed by atoms with Crippen molar-refractivity contribution >= 4 is 0 Å². The van der Waals surface area contributed by atoms with Crippen LogP contribution in [-0.2, 0) is 0 Å². The van der Waals surface area contributed by atoms with Crippen LogP contribution in [0.5, 0.6) is 0 Å². The van der Waals surface area contributed by atoms with E-state index in [9.17, 15) is 0 Å². The number of rotatable bonds is 4. The third-order valence-electron chi connectivity index (χ3n) is 3.81. The molecule has 1 N–H and O–H groups in total. The Morgan fingerprint density at radius 3 is 2.11 bits per heavy atom. The van der Waals surface area contributed by atoms with E-state index in [4.69, 9.17) is 0 Å². The average Bonchev–Trinajstić information content (AvgIpc) is 2.75. The molecule has 1 atom stereocenters. The highest BCUT2D eigenvalue weighted by Gasteiger charge is 2.28. The van der Waals surface area contributed by atoms with E-state index in [1.54, 1.807) is 0 Å². The van der Waals surface area contributed by atoms with E-state index in [1.165, 1.54) is 22.3 Å². The molecule has 96 valence electrons. The molecule has 1 heteroatoms. The van der Waals surface area contributed by atoms with Crippen LogP contribution in [0.15, 0.2) is 61.2 Å². The van der Waals surface area contributed by atoms with E-state index in [0.29, 0.717) is 12.1 Å². The lowest BCUT2D eigenvalue weighted by molar-refractivity contribution is 0.508. The van der Waals surface area contributed by atoms with Crippen molar-refractivity contribution in [1.82, 2.24) is 5.32 Å². The van der Waals surface area contributed by atoms with Gasteiger partial charge >= 0.3 is 0 Å². The molecule has 0 fully saturated rings. The van der Waals surface area contributed by atoms with Gasteiger partial charge in [-0.25, -0.2) is 0 Å². The normalized spacial score (nSPS) is 14.8. The standard InChI is InChI=1S/C18H19N/c1-3-8-13(2)19-18-16-11-6-4-9-14(16)15-10-5-7-12-17(15)18/h3-7,9-13,18-19H,1,8H2,2H3. The van der Waals surface area contributed by atoms with Gasteiger partial charge in [-0.1, -0.05) is 54.6 Å². The van der Waals surface area contributed by atoms with E-state index in [2.05, 4.69) is 67.4 Å². The first kappa shape index (κ1) is 12.2.